The molecule has 1 aliphatic carbocycles. The summed E-state index contributed by atoms with van der Waals surface area (Å²) in [5, 5.41) is 15.6. The average Bonchev–Trinajstić information content (AvgIpc) is 3.41. The third-order valence-electron chi connectivity index (χ3n) is 7.47. The molecule has 0 saturated carbocycles. The van der Waals surface area contributed by atoms with E-state index in [1.165, 1.54) is 4.88 Å². The number of ether oxygens (including phenoxy) is 1. The summed E-state index contributed by atoms with van der Waals surface area (Å²) in [7, 11) is 0. The number of aryl methyl sites for hydroxylation is 2. The van der Waals surface area contributed by atoms with Crippen LogP contribution in [-0.2, 0) is 9.53 Å². The van der Waals surface area contributed by atoms with Crippen LogP contribution in [-0.4, -0.2) is 51.7 Å². The molecule has 0 bridgehead atoms. The van der Waals surface area contributed by atoms with Gasteiger partial charge in [0.25, 0.3) is 0 Å². The fraction of sp³-hybridized carbons (Fsp3) is 0.469. The number of rotatable bonds is 10. The third kappa shape index (κ3) is 7.53. The van der Waals surface area contributed by atoms with Gasteiger partial charge in [-0.15, -0.1) is 21.5 Å². The number of nitrogens with zero attached hydrogens (tertiary/aromatic N) is 4. The molecule has 0 fully saturated rings. The third-order valence-corrected chi connectivity index (χ3v) is 8.67. The van der Waals surface area contributed by atoms with E-state index >= 15 is 0 Å². The Labute approximate surface area is 252 Å². The summed E-state index contributed by atoms with van der Waals surface area (Å²) in [6, 6.07) is -0.522. The lowest BCUT2D eigenvalue weighted by atomic mass is 9.98. The number of aromatic nitrogens is 3. The Morgan fingerprint density at radius 3 is 2.71 bits per heavy atom. The number of fused-ring (bicyclic) bond motifs is 3. The fourth-order valence-corrected chi connectivity index (χ4v) is 6.45. The van der Waals surface area contributed by atoms with E-state index in [0.717, 1.165) is 65.3 Å². The Hall–Kier alpha value is -3.79. The number of carbonyl (C=O) groups excluding carboxylic acids is 2. The lowest BCUT2D eigenvalue weighted by Crippen LogP contribution is -2.32. The number of aliphatic imine (C=N–C) groups is 1. The number of carbonyl (C=O) groups is 2. The van der Waals surface area contributed by atoms with Crippen LogP contribution in [0.3, 0.4) is 0 Å². The van der Waals surface area contributed by atoms with E-state index < -0.39 is 12.1 Å². The molecule has 1 aliphatic heterocycles. The highest BCUT2D eigenvalue weighted by molar-refractivity contribution is 7.15. The normalized spacial score (nSPS) is 19.5. The van der Waals surface area contributed by atoms with Crippen LogP contribution in [0.5, 0.6) is 0 Å². The maximum Gasteiger partial charge on any atom is 0.407 e. The second-order valence-corrected chi connectivity index (χ2v) is 11.8. The van der Waals surface area contributed by atoms with Gasteiger partial charge in [0.15, 0.2) is 5.82 Å². The standard InChI is InChI=1S/C32H42N6O3S/c1-6-14-24(15-7-2)29-28-21(3)22(4)42-31(28)38-23(5)36-37-30(38)26(35-29)20-27(39)33-18-13-19-34-32(40)41-25-16-11-9-8-10-12-17-25/h6-9,14-15,25-26H,1,10-13,16-20H2,2-5H3,(H,33,39)(H,34,40)/b9-8+,15-7-,24-14+/t25?,26-/m1/s1. The van der Waals surface area contributed by atoms with Crippen LogP contribution in [0, 0.1) is 20.8 Å². The fourth-order valence-electron chi connectivity index (χ4n) is 5.24. The summed E-state index contributed by atoms with van der Waals surface area (Å²) in [6.45, 7) is 12.8. The number of allylic oxidation sites excluding steroid dienone is 7. The molecule has 2 amide bonds. The maximum atomic E-state index is 13.1. The van der Waals surface area contributed by atoms with Crippen molar-refractivity contribution in [2.45, 2.75) is 84.8 Å². The molecule has 10 heteroatoms. The molecule has 2 aromatic rings. The predicted molar refractivity (Wildman–Crippen MR) is 169 cm³/mol. The highest BCUT2D eigenvalue weighted by atomic mass is 32.1. The molecule has 224 valence electrons. The van der Waals surface area contributed by atoms with Crippen molar-refractivity contribution in [3.05, 3.63) is 76.3 Å². The molecule has 9 nitrogen and oxygen atoms in total. The van der Waals surface area contributed by atoms with E-state index in [1.807, 2.05) is 36.6 Å². The molecular formula is C32H42N6O3S. The number of nitrogens with one attached hydrogen (secondary N) is 2. The van der Waals surface area contributed by atoms with Crippen LogP contribution in [0.15, 0.2) is 53.6 Å². The molecule has 0 spiro atoms. The Balaban J connectivity index is 1.41. The Morgan fingerprint density at radius 2 is 1.93 bits per heavy atom. The van der Waals surface area contributed by atoms with Crippen LogP contribution < -0.4 is 10.6 Å². The van der Waals surface area contributed by atoms with Gasteiger partial charge in [0.1, 0.15) is 23.0 Å². The molecule has 3 heterocycles. The van der Waals surface area contributed by atoms with Crippen molar-refractivity contribution in [1.82, 2.24) is 25.4 Å². The lowest BCUT2D eigenvalue weighted by molar-refractivity contribution is -0.121. The van der Waals surface area contributed by atoms with Gasteiger partial charge in [0, 0.05) is 29.1 Å². The summed E-state index contributed by atoms with van der Waals surface area (Å²) in [5.41, 5.74) is 3.92. The minimum atomic E-state index is -0.522. The molecule has 0 aromatic carbocycles. The first-order valence-corrected chi connectivity index (χ1v) is 15.6. The van der Waals surface area contributed by atoms with Gasteiger partial charge in [0.2, 0.25) is 5.91 Å². The summed E-state index contributed by atoms with van der Waals surface area (Å²) < 4.78 is 7.63. The number of alkyl carbamates (subject to hydrolysis) is 1. The molecule has 2 N–H and O–H groups in total. The van der Waals surface area contributed by atoms with Gasteiger partial charge >= 0.3 is 6.09 Å². The monoisotopic (exact) mass is 590 g/mol. The van der Waals surface area contributed by atoms with Crippen molar-refractivity contribution in [1.29, 1.82) is 0 Å². The summed E-state index contributed by atoms with van der Waals surface area (Å²) in [6.07, 6.45) is 17.0. The van der Waals surface area contributed by atoms with Crippen LogP contribution >= 0.6 is 11.3 Å². The predicted octanol–water partition coefficient (Wildman–Crippen LogP) is 6.30. The molecule has 4 rings (SSSR count). The van der Waals surface area contributed by atoms with Crippen LogP contribution in [0.2, 0.25) is 0 Å². The van der Waals surface area contributed by atoms with E-state index in [9.17, 15) is 9.59 Å². The second kappa shape index (κ2) is 14.9. The minimum absolute atomic E-state index is 0.0440. The van der Waals surface area contributed by atoms with Gasteiger partial charge < -0.3 is 15.4 Å². The molecular weight excluding hydrogens is 548 g/mol. The van der Waals surface area contributed by atoms with Crippen LogP contribution in [0.25, 0.3) is 5.00 Å². The Kier molecular flexibility index (Phi) is 11.1. The van der Waals surface area contributed by atoms with Crippen molar-refractivity contribution in [2.24, 2.45) is 4.99 Å². The van der Waals surface area contributed by atoms with E-state index in [-0.39, 0.29) is 18.4 Å². The number of hydrogen-bond acceptors (Lipinski definition) is 7. The first-order valence-electron chi connectivity index (χ1n) is 14.8. The van der Waals surface area contributed by atoms with Gasteiger partial charge in [-0.25, -0.2) is 4.79 Å². The number of amides is 2. The van der Waals surface area contributed by atoms with Crippen molar-refractivity contribution in [3.63, 3.8) is 0 Å². The highest BCUT2D eigenvalue weighted by Crippen LogP contribution is 2.39. The maximum absolute atomic E-state index is 13.1. The lowest BCUT2D eigenvalue weighted by Gasteiger charge is -2.18. The summed E-state index contributed by atoms with van der Waals surface area (Å²) in [4.78, 5) is 31.7. The largest absolute Gasteiger partial charge is 0.446 e. The average molecular weight is 591 g/mol. The zero-order valence-corrected chi connectivity index (χ0v) is 25.9. The van der Waals surface area contributed by atoms with Gasteiger partial charge in [-0.1, -0.05) is 43.0 Å². The van der Waals surface area contributed by atoms with E-state index in [4.69, 9.17) is 9.73 Å². The van der Waals surface area contributed by atoms with E-state index in [0.29, 0.717) is 25.3 Å². The molecule has 2 aliphatic rings. The SMILES string of the molecule is C=C/C=C(\C=C/C)C1=N[C@H](CC(=O)NCCCNC(=O)OC2CC/C=C/CCC2)c2nnc(C)n2-c2sc(C)c(C)c21. The van der Waals surface area contributed by atoms with E-state index in [2.05, 4.69) is 53.4 Å². The number of hydrogen-bond donors (Lipinski definition) is 2. The Morgan fingerprint density at radius 1 is 1.14 bits per heavy atom. The smallest absolute Gasteiger partial charge is 0.407 e. The number of thiophene rings is 1. The highest BCUT2D eigenvalue weighted by Gasteiger charge is 2.32. The second-order valence-electron chi connectivity index (χ2n) is 10.6. The van der Waals surface area contributed by atoms with E-state index in [1.54, 1.807) is 17.4 Å². The van der Waals surface area contributed by atoms with Crippen LogP contribution in [0.1, 0.15) is 85.6 Å². The van der Waals surface area contributed by atoms with Crippen molar-refractivity contribution in [2.75, 3.05) is 13.1 Å². The van der Waals surface area contributed by atoms with Crippen molar-refractivity contribution in [3.8, 4) is 5.00 Å². The molecule has 0 saturated heterocycles. The van der Waals surface area contributed by atoms with Crippen molar-refractivity contribution < 1.29 is 14.3 Å². The molecule has 1 unspecified atom stereocenters. The van der Waals surface area contributed by atoms with Gasteiger partial charge in [-0.05, 0) is 71.8 Å². The first-order chi connectivity index (χ1) is 20.3. The van der Waals surface area contributed by atoms with Gasteiger partial charge in [-0.3, -0.25) is 14.4 Å². The van der Waals surface area contributed by atoms with Crippen LogP contribution in [0.4, 0.5) is 4.79 Å². The summed E-state index contributed by atoms with van der Waals surface area (Å²) >= 11 is 1.68. The first kappa shape index (κ1) is 31.2. The molecule has 42 heavy (non-hydrogen) atoms. The molecule has 2 atom stereocenters. The summed E-state index contributed by atoms with van der Waals surface area (Å²) in [5.74, 6) is 1.26. The minimum Gasteiger partial charge on any atom is -0.446 e. The Bertz CT molecular complexity index is 1410. The topological polar surface area (TPSA) is 110 Å². The quantitative estimate of drug-likeness (QED) is 0.192. The zero-order valence-electron chi connectivity index (χ0n) is 25.1. The molecule has 0 radical (unpaired) electrons. The van der Waals surface area contributed by atoms with Crippen molar-refractivity contribution >= 4 is 29.0 Å². The molecule has 2 aromatic heterocycles. The van der Waals surface area contributed by atoms with Gasteiger partial charge in [-0.2, -0.15) is 0 Å². The van der Waals surface area contributed by atoms with Gasteiger partial charge in [0.05, 0.1) is 12.1 Å². The zero-order chi connectivity index (χ0) is 30.1.